The molecule has 0 N–H and O–H groups in total. The van der Waals surface area contributed by atoms with Crippen LogP contribution >= 0.6 is 0 Å². The molecular weight excluding hydrogens is 316 g/mol. The summed E-state index contributed by atoms with van der Waals surface area (Å²) in [5, 5.41) is 0. The van der Waals surface area contributed by atoms with Crippen molar-refractivity contribution in [1.29, 1.82) is 0 Å². The second-order valence-electron chi connectivity index (χ2n) is 5.73. The summed E-state index contributed by atoms with van der Waals surface area (Å²) in [7, 11) is 1.78. The van der Waals surface area contributed by atoms with Crippen molar-refractivity contribution in [3.63, 3.8) is 0 Å². The van der Waals surface area contributed by atoms with Crippen LogP contribution in [0.1, 0.15) is 28.9 Å². The molecule has 5 nitrogen and oxygen atoms in total. The maximum atomic E-state index is 12.7. The van der Waals surface area contributed by atoms with Gasteiger partial charge in [0, 0.05) is 13.2 Å². The number of amides is 2. The van der Waals surface area contributed by atoms with E-state index in [1.54, 1.807) is 54.2 Å². The minimum Gasteiger partial charge on any atom is -0.462 e. The maximum absolute atomic E-state index is 12.7. The van der Waals surface area contributed by atoms with E-state index in [2.05, 4.69) is 0 Å². The maximum Gasteiger partial charge on any atom is 0.338 e. The quantitative estimate of drug-likeness (QED) is 0.793. The van der Waals surface area contributed by atoms with Crippen LogP contribution in [0.3, 0.4) is 0 Å². The molecule has 3 rings (SSSR count). The summed E-state index contributed by atoms with van der Waals surface area (Å²) in [6, 6.07) is 16.5. The van der Waals surface area contributed by atoms with Crippen molar-refractivity contribution in [1.82, 2.24) is 4.90 Å². The molecule has 0 aliphatic carbocycles. The van der Waals surface area contributed by atoms with Crippen molar-refractivity contribution in [2.45, 2.75) is 13.0 Å². The lowest BCUT2D eigenvalue weighted by molar-refractivity contribution is 0.0526. The first-order valence-electron chi connectivity index (χ1n) is 8.18. The summed E-state index contributed by atoms with van der Waals surface area (Å²) < 4.78 is 4.97. The van der Waals surface area contributed by atoms with Crippen molar-refractivity contribution < 1.29 is 14.3 Å². The number of benzene rings is 2. The molecule has 1 atom stereocenters. The number of rotatable bonds is 4. The number of ether oxygens (including phenoxy) is 1. The van der Waals surface area contributed by atoms with Gasteiger partial charge in [-0.3, -0.25) is 4.90 Å². The average molecular weight is 336 g/mol. The van der Waals surface area contributed by atoms with Gasteiger partial charge < -0.3 is 9.64 Å². The van der Waals surface area contributed by atoms with E-state index < -0.39 is 0 Å². The fraction of sp³-hybridized carbons (Fsp3) is 0.200. The van der Waals surface area contributed by atoms with Crippen LogP contribution in [0.5, 0.6) is 0 Å². The van der Waals surface area contributed by atoms with E-state index in [1.807, 2.05) is 36.4 Å². The Labute approximate surface area is 147 Å². The van der Waals surface area contributed by atoms with Crippen molar-refractivity contribution in [3.8, 4) is 0 Å². The predicted molar refractivity (Wildman–Crippen MR) is 96.4 cm³/mol. The van der Waals surface area contributed by atoms with Crippen LogP contribution in [-0.2, 0) is 4.74 Å². The molecule has 0 radical (unpaired) electrons. The average Bonchev–Trinajstić information content (AvgIpc) is 2.65. The zero-order chi connectivity index (χ0) is 17.8. The molecule has 0 saturated carbocycles. The third-order valence-corrected chi connectivity index (χ3v) is 4.14. The molecular formula is C20H20N2O3. The Bertz CT molecular complexity index is 784. The summed E-state index contributed by atoms with van der Waals surface area (Å²) in [4.78, 5) is 27.7. The first-order chi connectivity index (χ1) is 12.1. The topological polar surface area (TPSA) is 49.9 Å². The molecule has 2 aromatic carbocycles. The second kappa shape index (κ2) is 7.21. The molecule has 2 aromatic rings. The highest BCUT2D eigenvalue weighted by Gasteiger charge is 2.28. The smallest absolute Gasteiger partial charge is 0.338 e. The van der Waals surface area contributed by atoms with Gasteiger partial charge in [-0.2, -0.15) is 0 Å². The van der Waals surface area contributed by atoms with Crippen LogP contribution in [0.2, 0.25) is 0 Å². The molecule has 5 heteroatoms. The molecule has 0 aromatic heterocycles. The molecule has 1 heterocycles. The summed E-state index contributed by atoms with van der Waals surface area (Å²) >= 11 is 0. The zero-order valence-corrected chi connectivity index (χ0v) is 14.3. The Kier molecular flexibility index (Phi) is 4.84. The Hall–Kier alpha value is -3.08. The van der Waals surface area contributed by atoms with E-state index in [9.17, 15) is 9.59 Å². The van der Waals surface area contributed by atoms with Gasteiger partial charge in [0.2, 0.25) is 0 Å². The highest BCUT2D eigenvalue weighted by Crippen LogP contribution is 2.29. The summed E-state index contributed by atoms with van der Waals surface area (Å²) in [5.74, 6) is -0.365. The van der Waals surface area contributed by atoms with Gasteiger partial charge >= 0.3 is 12.0 Å². The Morgan fingerprint density at radius 3 is 2.40 bits per heavy atom. The van der Waals surface area contributed by atoms with Crippen LogP contribution in [0.4, 0.5) is 10.5 Å². The number of likely N-dealkylation sites (N-methyl/N-ethyl adjacent to an activating group) is 1. The molecule has 0 fully saturated rings. The van der Waals surface area contributed by atoms with Gasteiger partial charge in [0.15, 0.2) is 0 Å². The van der Waals surface area contributed by atoms with E-state index in [-0.39, 0.29) is 18.0 Å². The normalized spacial score (nSPS) is 16.9. The van der Waals surface area contributed by atoms with E-state index in [1.165, 1.54) is 0 Å². The highest BCUT2D eigenvalue weighted by atomic mass is 16.5. The predicted octanol–water partition coefficient (Wildman–Crippen LogP) is 3.99. The van der Waals surface area contributed by atoms with Crippen molar-refractivity contribution in [3.05, 3.63) is 78.0 Å². The van der Waals surface area contributed by atoms with Gasteiger partial charge in [-0.05, 0) is 42.8 Å². The third-order valence-electron chi connectivity index (χ3n) is 4.14. The largest absolute Gasteiger partial charge is 0.462 e. The van der Waals surface area contributed by atoms with E-state index in [4.69, 9.17) is 4.74 Å². The molecule has 2 amide bonds. The van der Waals surface area contributed by atoms with Crippen LogP contribution in [0.25, 0.3) is 0 Å². The van der Waals surface area contributed by atoms with Gasteiger partial charge in [-0.1, -0.05) is 30.3 Å². The number of urea groups is 1. The first-order valence-corrected chi connectivity index (χ1v) is 8.18. The summed E-state index contributed by atoms with van der Waals surface area (Å²) in [5.41, 5.74) is 2.23. The van der Waals surface area contributed by atoms with Gasteiger partial charge in [0.05, 0.1) is 23.9 Å². The van der Waals surface area contributed by atoms with E-state index >= 15 is 0 Å². The molecule has 1 unspecified atom stereocenters. The number of anilines is 1. The van der Waals surface area contributed by atoms with Crippen LogP contribution in [0.15, 0.2) is 66.9 Å². The number of hydrogen-bond acceptors (Lipinski definition) is 3. The van der Waals surface area contributed by atoms with Crippen molar-refractivity contribution in [2.75, 3.05) is 18.6 Å². The van der Waals surface area contributed by atoms with Gasteiger partial charge in [0.25, 0.3) is 0 Å². The summed E-state index contributed by atoms with van der Waals surface area (Å²) in [6.45, 7) is 2.10. The second-order valence-corrected chi connectivity index (χ2v) is 5.73. The molecule has 128 valence electrons. The van der Waals surface area contributed by atoms with Gasteiger partial charge in [-0.25, -0.2) is 9.59 Å². The molecule has 0 spiro atoms. The minimum absolute atomic E-state index is 0.0937. The molecule has 1 aliphatic rings. The van der Waals surface area contributed by atoms with Crippen LogP contribution in [-0.4, -0.2) is 30.6 Å². The van der Waals surface area contributed by atoms with Crippen molar-refractivity contribution >= 4 is 17.7 Å². The van der Waals surface area contributed by atoms with Gasteiger partial charge in [-0.15, -0.1) is 0 Å². The van der Waals surface area contributed by atoms with E-state index in [0.717, 1.165) is 5.56 Å². The monoisotopic (exact) mass is 336 g/mol. The Morgan fingerprint density at radius 1 is 1.08 bits per heavy atom. The number of esters is 1. The molecule has 0 bridgehead atoms. The number of carbonyl (C=O) groups is 2. The van der Waals surface area contributed by atoms with Crippen LogP contribution in [0, 0.1) is 0 Å². The minimum atomic E-state index is -0.365. The SMILES string of the molecule is CCOC(=O)c1ccc(N2C=CC(c3ccccc3)N(C)C2=O)cc1. The highest BCUT2D eigenvalue weighted by molar-refractivity contribution is 5.96. The fourth-order valence-corrected chi connectivity index (χ4v) is 2.80. The van der Waals surface area contributed by atoms with Crippen LogP contribution < -0.4 is 4.90 Å². The van der Waals surface area contributed by atoms with E-state index in [0.29, 0.717) is 17.9 Å². The Morgan fingerprint density at radius 2 is 1.76 bits per heavy atom. The summed E-state index contributed by atoms with van der Waals surface area (Å²) in [6.07, 6.45) is 3.76. The Balaban J connectivity index is 1.82. The zero-order valence-electron chi connectivity index (χ0n) is 14.3. The molecule has 25 heavy (non-hydrogen) atoms. The molecule has 0 saturated heterocycles. The van der Waals surface area contributed by atoms with Gasteiger partial charge in [0.1, 0.15) is 0 Å². The fourth-order valence-electron chi connectivity index (χ4n) is 2.80. The lowest BCUT2D eigenvalue weighted by atomic mass is 10.0. The molecule has 1 aliphatic heterocycles. The standard InChI is InChI=1S/C20H20N2O3/c1-3-25-19(23)16-9-11-17(12-10-16)22-14-13-18(21(2)20(22)24)15-7-5-4-6-8-15/h4-14,18H,3H2,1-2H3. The number of carbonyl (C=O) groups excluding carboxylic acids is 2. The van der Waals surface area contributed by atoms with Crippen molar-refractivity contribution in [2.24, 2.45) is 0 Å². The lowest BCUT2D eigenvalue weighted by Gasteiger charge is -2.35. The first kappa shape index (κ1) is 16.8. The lowest BCUT2D eigenvalue weighted by Crippen LogP contribution is -2.43. The number of hydrogen-bond donors (Lipinski definition) is 0. The third kappa shape index (κ3) is 3.40. The number of nitrogens with zero attached hydrogens (tertiary/aromatic N) is 2.